The molecule has 4 nitrogen and oxygen atoms in total. The average molecular weight is 283 g/mol. The van der Waals surface area contributed by atoms with E-state index in [2.05, 4.69) is 17.3 Å². The number of hydrogen-bond donors (Lipinski definition) is 2. The van der Waals surface area contributed by atoms with Crippen LogP contribution in [0.3, 0.4) is 0 Å². The lowest BCUT2D eigenvalue weighted by Gasteiger charge is -2.40. The maximum Gasteiger partial charge on any atom is 0.262 e. The maximum atomic E-state index is 12.1. The summed E-state index contributed by atoms with van der Waals surface area (Å²) in [5, 5.41) is 4.92. The average Bonchev–Trinajstić information content (AvgIpc) is 2.85. The van der Waals surface area contributed by atoms with Crippen molar-refractivity contribution in [3.05, 3.63) is 22.4 Å². The van der Waals surface area contributed by atoms with Crippen molar-refractivity contribution >= 4 is 34.5 Å². The standard InChI is InChI=1S/C12H17N3OS2/c1-15-6-4-12(5-7-15,11(13)17)14-10(16)9-3-2-8-18-9/h2-3,8H,4-7H2,1H3,(H2,13,17)(H,14,16). The third-order valence-electron chi connectivity index (χ3n) is 3.41. The summed E-state index contributed by atoms with van der Waals surface area (Å²) in [5.41, 5.74) is 5.33. The quantitative estimate of drug-likeness (QED) is 0.819. The van der Waals surface area contributed by atoms with E-state index < -0.39 is 5.54 Å². The van der Waals surface area contributed by atoms with Gasteiger partial charge in [0.25, 0.3) is 5.91 Å². The molecule has 2 rings (SSSR count). The molecule has 1 fully saturated rings. The Hall–Kier alpha value is -0.980. The Morgan fingerprint density at radius 1 is 1.56 bits per heavy atom. The Labute approximate surface area is 116 Å². The van der Waals surface area contributed by atoms with Crippen molar-refractivity contribution in [2.45, 2.75) is 18.4 Å². The second kappa shape index (κ2) is 5.34. The molecule has 0 bridgehead atoms. The van der Waals surface area contributed by atoms with E-state index in [1.807, 2.05) is 17.5 Å². The number of carbonyl (C=O) groups is 1. The fourth-order valence-corrected chi connectivity index (χ4v) is 2.99. The van der Waals surface area contributed by atoms with Gasteiger partial charge in [-0.2, -0.15) is 0 Å². The molecular weight excluding hydrogens is 266 g/mol. The molecule has 0 aliphatic carbocycles. The molecule has 18 heavy (non-hydrogen) atoms. The van der Waals surface area contributed by atoms with E-state index in [1.165, 1.54) is 11.3 Å². The summed E-state index contributed by atoms with van der Waals surface area (Å²) in [4.78, 5) is 15.4. The highest BCUT2D eigenvalue weighted by Gasteiger charge is 2.38. The molecule has 1 saturated heterocycles. The number of nitrogens with zero attached hydrogens (tertiary/aromatic N) is 1. The van der Waals surface area contributed by atoms with Crippen molar-refractivity contribution in [2.75, 3.05) is 20.1 Å². The minimum Gasteiger partial charge on any atom is -0.391 e. The second-order valence-corrected chi connectivity index (χ2v) is 6.07. The van der Waals surface area contributed by atoms with Gasteiger partial charge in [-0.25, -0.2) is 0 Å². The largest absolute Gasteiger partial charge is 0.391 e. The number of thiophene rings is 1. The van der Waals surface area contributed by atoms with E-state index in [0.717, 1.165) is 25.9 Å². The zero-order valence-electron chi connectivity index (χ0n) is 10.3. The fraction of sp³-hybridized carbons (Fsp3) is 0.500. The highest BCUT2D eigenvalue weighted by molar-refractivity contribution is 7.80. The van der Waals surface area contributed by atoms with Gasteiger partial charge in [-0.15, -0.1) is 11.3 Å². The molecule has 1 aromatic heterocycles. The Balaban J connectivity index is 2.12. The molecule has 0 atom stereocenters. The smallest absolute Gasteiger partial charge is 0.262 e. The van der Waals surface area contributed by atoms with Crippen LogP contribution in [0.5, 0.6) is 0 Å². The van der Waals surface area contributed by atoms with Crippen LogP contribution in [0.25, 0.3) is 0 Å². The number of hydrogen-bond acceptors (Lipinski definition) is 4. The summed E-state index contributed by atoms with van der Waals surface area (Å²) in [6, 6.07) is 3.67. The first-order valence-electron chi connectivity index (χ1n) is 5.88. The van der Waals surface area contributed by atoms with Crippen LogP contribution in [0.4, 0.5) is 0 Å². The maximum absolute atomic E-state index is 12.1. The summed E-state index contributed by atoms with van der Waals surface area (Å²) in [7, 11) is 2.06. The van der Waals surface area contributed by atoms with Crippen LogP contribution in [-0.2, 0) is 0 Å². The number of amides is 1. The molecule has 1 aromatic rings. The topological polar surface area (TPSA) is 58.4 Å². The van der Waals surface area contributed by atoms with Crippen LogP contribution < -0.4 is 11.1 Å². The van der Waals surface area contributed by atoms with Gasteiger partial charge in [0.05, 0.1) is 15.4 Å². The van der Waals surface area contributed by atoms with E-state index in [1.54, 1.807) is 0 Å². The van der Waals surface area contributed by atoms with E-state index in [4.69, 9.17) is 18.0 Å². The zero-order chi connectivity index (χ0) is 13.2. The molecule has 0 spiro atoms. The van der Waals surface area contributed by atoms with Gasteiger partial charge in [-0.3, -0.25) is 4.79 Å². The van der Waals surface area contributed by atoms with Crippen LogP contribution in [0.15, 0.2) is 17.5 Å². The normalized spacial score (nSPS) is 19.4. The third kappa shape index (κ3) is 2.71. The van der Waals surface area contributed by atoms with E-state index in [9.17, 15) is 4.79 Å². The highest BCUT2D eigenvalue weighted by atomic mass is 32.1. The zero-order valence-corrected chi connectivity index (χ0v) is 11.9. The second-order valence-electron chi connectivity index (χ2n) is 4.68. The Bertz CT molecular complexity index is 436. The highest BCUT2D eigenvalue weighted by Crippen LogP contribution is 2.23. The third-order valence-corrected chi connectivity index (χ3v) is 4.67. The van der Waals surface area contributed by atoms with Crippen molar-refractivity contribution in [3.8, 4) is 0 Å². The lowest BCUT2D eigenvalue weighted by Crippen LogP contribution is -2.61. The molecule has 1 amide bonds. The van der Waals surface area contributed by atoms with Crippen molar-refractivity contribution in [1.29, 1.82) is 0 Å². The van der Waals surface area contributed by atoms with Crippen LogP contribution in [0, 0.1) is 0 Å². The van der Waals surface area contributed by atoms with Gasteiger partial charge in [-0.1, -0.05) is 18.3 Å². The minimum atomic E-state index is -0.525. The van der Waals surface area contributed by atoms with Gasteiger partial charge >= 0.3 is 0 Å². The van der Waals surface area contributed by atoms with Crippen molar-refractivity contribution < 1.29 is 4.79 Å². The van der Waals surface area contributed by atoms with E-state index in [0.29, 0.717) is 9.87 Å². The number of nitrogens with two attached hydrogens (primary N) is 1. The van der Waals surface area contributed by atoms with Gasteiger partial charge in [0, 0.05) is 13.1 Å². The van der Waals surface area contributed by atoms with Crippen molar-refractivity contribution in [1.82, 2.24) is 10.2 Å². The number of rotatable bonds is 3. The molecule has 98 valence electrons. The Morgan fingerprint density at radius 2 is 2.22 bits per heavy atom. The molecule has 1 aliphatic rings. The van der Waals surface area contributed by atoms with Crippen molar-refractivity contribution in [2.24, 2.45) is 5.73 Å². The Morgan fingerprint density at radius 3 is 2.72 bits per heavy atom. The summed E-state index contributed by atoms with van der Waals surface area (Å²) < 4.78 is 0. The van der Waals surface area contributed by atoms with Gasteiger partial charge in [0.1, 0.15) is 0 Å². The molecule has 6 heteroatoms. The number of piperidine rings is 1. The summed E-state index contributed by atoms with van der Waals surface area (Å²) >= 11 is 6.59. The first-order valence-corrected chi connectivity index (χ1v) is 7.17. The SMILES string of the molecule is CN1CCC(NC(=O)c2cccs2)(C(N)=S)CC1. The first-order chi connectivity index (χ1) is 8.53. The molecule has 0 unspecified atom stereocenters. The molecular formula is C12H17N3OS2. The van der Waals surface area contributed by atoms with Crippen LogP contribution in [-0.4, -0.2) is 41.5 Å². The Kier molecular flexibility index (Phi) is 3.99. The van der Waals surface area contributed by atoms with Gasteiger partial charge in [-0.05, 0) is 31.3 Å². The van der Waals surface area contributed by atoms with E-state index in [-0.39, 0.29) is 5.91 Å². The number of carbonyl (C=O) groups excluding carboxylic acids is 1. The number of nitrogens with one attached hydrogen (secondary N) is 1. The monoisotopic (exact) mass is 283 g/mol. The molecule has 1 aliphatic heterocycles. The number of thiocarbonyl (C=S) groups is 1. The predicted octanol–water partition coefficient (Wildman–Crippen LogP) is 1.23. The van der Waals surface area contributed by atoms with Crippen molar-refractivity contribution in [3.63, 3.8) is 0 Å². The first kappa shape index (κ1) is 13.5. The van der Waals surface area contributed by atoms with Crippen LogP contribution >= 0.6 is 23.6 Å². The van der Waals surface area contributed by atoms with Gasteiger partial charge in [0.15, 0.2) is 0 Å². The lowest BCUT2D eigenvalue weighted by molar-refractivity contribution is 0.0894. The molecule has 3 N–H and O–H groups in total. The molecule has 0 radical (unpaired) electrons. The van der Waals surface area contributed by atoms with E-state index >= 15 is 0 Å². The molecule has 0 aromatic carbocycles. The van der Waals surface area contributed by atoms with Gasteiger partial charge in [0.2, 0.25) is 0 Å². The summed E-state index contributed by atoms with van der Waals surface area (Å²) in [6.45, 7) is 1.78. The lowest BCUT2D eigenvalue weighted by atomic mass is 9.87. The van der Waals surface area contributed by atoms with Gasteiger partial charge < -0.3 is 16.0 Å². The van der Waals surface area contributed by atoms with Crippen LogP contribution in [0.1, 0.15) is 22.5 Å². The predicted molar refractivity (Wildman–Crippen MR) is 78.0 cm³/mol. The van der Waals surface area contributed by atoms with Crippen LogP contribution in [0.2, 0.25) is 0 Å². The number of likely N-dealkylation sites (tertiary alicyclic amines) is 1. The minimum absolute atomic E-state index is 0.0812. The molecule has 0 saturated carbocycles. The summed E-state index contributed by atoms with van der Waals surface area (Å²) in [5.74, 6) is -0.0812. The summed E-state index contributed by atoms with van der Waals surface area (Å²) in [6.07, 6.45) is 1.55. The fourth-order valence-electron chi connectivity index (χ4n) is 2.12. The molecule has 2 heterocycles.